The average molecular weight is 312 g/mol. The number of hydrogen-bond donors (Lipinski definition) is 2. The Bertz CT molecular complexity index is 871. The molecule has 1 aromatic carbocycles. The van der Waals surface area contributed by atoms with Crippen molar-refractivity contribution in [3.63, 3.8) is 0 Å². The first kappa shape index (κ1) is 14.2. The molecule has 3 aromatic rings. The van der Waals surface area contributed by atoms with Crippen LogP contribution in [0.2, 0.25) is 0 Å². The fourth-order valence-corrected chi connectivity index (χ4v) is 2.36. The largest absolute Gasteiger partial charge is 0.478 e. The number of rotatable bonds is 4. The monoisotopic (exact) mass is 312 g/mol. The average Bonchev–Trinajstić information content (AvgIpc) is 2.89. The van der Waals surface area contributed by atoms with Crippen molar-refractivity contribution in [2.45, 2.75) is 6.54 Å². The number of carboxylic acid groups (broad SMARTS) is 1. The number of aromatic amines is 1. The first-order valence-corrected chi connectivity index (χ1v) is 6.94. The first-order chi connectivity index (χ1) is 10.6. The van der Waals surface area contributed by atoms with Gasteiger partial charge in [-0.25, -0.2) is 4.79 Å². The van der Waals surface area contributed by atoms with Crippen LogP contribution in [0, 0.1) is 4.77 Å². The van der Waals surface area contributed by atoms with Gasteiger partial charge in [0.25, 0.3) is 0 Å². The highest BCUT2D eigenvalue weighted by Crippen LogP contribution is 2.17. The molecule has 0 aliphatic rings. The molecule has 110 valence electrons. The van der Waals surface area contributed by atoms with E-state index < -0.39 is 5.97 Å². The van der Waals surface area contributed by atoms with Crippen LogP contribution in [-0.2, 0) is 6.54 Å². The molecule has 6 nitrogen and oxygen atoms in total. The van der Waals surface area contributed by atoms with Crippen molar-refractivity contribution in [2.24, 2.45) is 0 Å². The third-order valence-electron chi connectivity index (χ3n) is 3.19. The van der Waals surface area contributed by atoms with E-state index in [-0.39, 0.29) is 5.56 Å². The molecule has 0 unspecified atom stereocenters. The Labute approximate surface area is 131 Å². The van der Waals surface area contributed by atoms with Crippen LogP contribution in [0.4, 0.5) is 0 Å². The van der Waals surface area contributed by atoms with E-state index in [0.717, 1.165) is 11.1 Å². The summed E-state index contributed by atoms with van der Waals surface area (Å²) >= 11 is 5.26. The van der Waals surface area contributed by atoms with Crippen LogP contribution >= 0.6 is 12.2 Å². The van der Waals surface area contributed by atoms with Crippen molar-refractivity contribution >= 4 is 18.2 Å². The summed E-state index contributed by atoms with van der Waals surface area (Å²) in [4.78, 5) is 15.1. The Balaban J connectivity index is 2.00. The van der Waals surface area contributed by atoms with Gasteiger partial charge >= 0.3 is 5.97 Å². The van der Waals surface area contributed by atoms with Crippen LogP contribution < -0.4 is 0 Å². The molecule has 2 heterocycles. The highest BCUT2D eigenvalue weighted by atomic mass is 32.1. The topological polar surface area (TPSA) is 83.8 Å². The molecule has 0 bridgehead atoms. The van der Waals surface area contributed by atoms with Gasteiger partial charge in [0, 0.05) is 18.0 Å². The van der Waals surface area contributed by atoms with Crippen LogP contribution in [0.25, 0.3) is 11.4 Å². The lowest BCUT2D eigenvalue weighted by molar-refractivity contribution is 0.0696. The van der Waals surface area contributed by atoms with Crippen LogP contribution in [0.5, 0.6) is 0 Å². The number of aromatic nitrogens is 4. The number of hydrogen-bond acceptors (Lipinski definition) is 4. The van der Waals surface area contributed by atoms with E-state index in [1.54, 1.807) is 30.6 Å². The molecule has 0 atom stereocenters. The molecule has 0 saturated carbocycles. The second-order valence-corrected chi connectivity index (χ2v) is 5.07. The van der Waals surface area contributed by atoms with Crippen molar-refractivity contribution in [3.05, 3.63) is 64.7 Å². The van der Waals surface area contributed by atoms with Gasteiger partial charge in [0.05, 0.1) is 12.1 Å². The number of nitrogens with zero attached hydrogens (tertiary/aromatic N) is 3. The van der Waals surface area contributed by atoms with Gasteiger partial charge in [0.1, 0.15) is 0 Å². The highest BCUT2D eigenvalue weighted by Gasteiger charge is 2.10. The number of aromatic carboxylic acids is 1. The lowest BCUT2D eigenvalue weighted by Gasteiger charge is -2.07. The van der Waals surface area contributed by atoms with Crippen molar-refractivity contribution in [3.8, 4) is 11.4 Å². The number of nitrogens with one attached hydrogen (secondary N) is 1. The Morgan fingerprint density at radius 3 is 2.91 bits per heavy atom. The summed E-state index contributed by atoms with van der Waals surface area (Å²) < 4.78 is 2.28. The Morgan fingerprint density at radius 1 is 1.32 bits per heavy atom. The zero-order chi connectivity index (χ0) is 15.5. The first-order valence-electron chi connectivity index (χ1n) is 6.53. The quantitative estimate of drug-likeness (QED) is 0.724. The predicted molar refractivity (Wildman–Crippen MR) is 83.1 cm³/mol. The SMILES string of the molecule is O=C(O)c1cccc(Cn2c(-c3cccnc3)n[nH]c2=S)c1. The number of carboxylic acids is 1. The normalized spacial score (nSPS) is 10.5. The predicted octanol–water partition coefficient (Wildman–Crippen LogP) is 2.75. The smallest absolute Gasteiger partial charge is 0.335 e. The van der Waals surface area contributed by atoms with Crippen LogP contribution in [0.3, 0.4) is 0 Å². The van der Waals surface area contributed by atoms with Gasteiger partial charge in [0.15, 0.2) is 10.6 Å². The maximum Gasteiger partial charge on any atom is 0.335 e. The summed E-state index contributed by atoms with van der Waals surface area (Å²) in [6.45, 7) is 0.431. The fraction of sp³-hybridized carbons (Fsp3) is 0.0667. The second-order valence-electron chi connectivity index (χ2n) is 4.69. The minimum Gasteiger partial charge on any atom is -0.478 e. The fourth-order valence-electron chi connectivity index (χ4n) is 2.17. The summed E-state index contributed by atoms with van der Waals surface area (Å²) in [6, 6.07) is 10.5. The van der Waals surface area contributed by atoms with Crippen molar-refractivity contribution in [1.29, 1.82) is 0 Å². The molecule has 0 aliphatic heterocycles. The Hall–Kier alpha value is -2.80. The number of benzene rings is 1. The van der Waals surface area contributed by atoms with Gasteiger partial charge < -0.3 is 5.11 Å². The van der Waals surface area contributed by atoms with Crippen LogP contribution in [0.1, 0.15) is 15.9 Å². The van der Waals surface area contributed by atoms with Crippen LogP contribution in [0.15, 0.2) is 48.8 Å². The molecule has 0 aliphatic carbocycles. The standard InChI is InChI=1S/C15H12N4O2S/c20-14(21)11-4-1-3-10(7-11)9-19-13(17-18-15(19)22)12-5-2-6-16-8-12/h1-8H,9H2,(H,18,22)(H,20,21). The summed E-state index contributed by atoms with van der Waals surface area (Å²) in [5.41, 5.74) is 1.92. The molecule has 0 spiro atoms. The van der Waals surface area contributed by atoms with Gasteiger partial charge in [-0.2, -0.15) is 5.10 Å². The molecule has 3 rings (SSSR count). The van der Waals surface area contributed by atoms with Gasteiger partial charge in [-0.3, -0.25) is 14.6 Å². The van der Waals surface area contributed by atoms with Gasteiger partial charge in [-0.15, -0.1) is 0 Å². The lowest BCUT2D eigenvalue weighted by Crippen LogP contribution is -2.04. The van der Waals surface area contributed by atoms with E-state index in [2.05, 4.69) is 15.2 Å². The highest BCUT2D eigenvalue weighted by molar-refractivity contribution is 7.71. The van der Waals surface area contributed by atoms with E-state index >= 15 is 0 Å². The van der Waals surface area contributed by atoms with Crippen molar-refractivity contribution in [1.82, 2.24) is 19.7 Å². The molecule has 2 aromatic heterocycles. The van der Waals surface area contributed by atoms with Crippen molar-refractivity contribution in [2.75, 3.05) is 0 Å². The maximum atomic E-state index is 11.1. The molecule has 0 amide bonds. The van der Waals surface area contributed by atoms with Crippen molar-refractivity contribution < 1.29 is 9.90 Å². The summed E-state index contributed by atoms with van der Waals surface area (Å²) in [5.74, 6) is -0.288. The molecule has 0 saturated heterocycles. The summed E-state index contributed by atoms with van der Waals surface area (Å²) in [5, 5.41) is 16.1. The molecule has 7 heteroatoms. The van der Waals surface area contributed by atoms with E-state index in [1.165, 1.54) is 0 Å². The maximum absolute atomic E-state index is 11.1. The third kappa shape index (κ3) is 2.79. The third-order valence-corrected chi connectivity index (χ3v) is 3.50. The molecular formula is C15H12N4O2S. The lowest BCUT2D eigenvalue weighted by atomic mass is 10.1. The number of carbonyl (C=O) groups is 1. The number of pyridine rings is 1. The van der Waals surface area contributed by atoms with Gasteiger partial charge in [-0.05, 0) is 42.0 Å². The van der Waals surface area contributed by atoms with E-state index in [4.69, 9.17) is 17.3 Å². The van der Waals surface area contributed by atoms with Crippen LogP contribution in [-0.4, -0.2) is 30.8 Å². The second kappa shape index (κ2) is 5.90. The zero-order valence-corrected chi connectivity index (χ0v) is 12.2. The minimum absolute atomic E-state index is 0.246. The van der Waals surface area contributed by atoms with Gasteiger partial charge in [0.2, 0.25) is 0 Å². The molecule has 2 N–H and O–H groups in total. The molecule has 0 radical (unpaired) electrons. The Kier molecular flexibility index (Phi) is 3.80. The molecule has 22 heavy (non-hydrogen) atoms. The molecule has 0 fully saturated rings. The van der Waals surface area contributed by atoms with E-state index in [0.29, 0.717) is 17.1 Å². The molecular weight excluding hydrogens is 300 g/mol. The van der Waals surface area contributed by atoms with Gasteiger partial charge in [-0.1, -0.05) is 12.1 Å². The van der Waals surface area contributed by atoms with E-state index in [9.17, 15) is 4.79 Å². The Morgan fingerprint density at radius 2 is 2.18 bits per heavy atom. The van der Waals surface area contributed by atoms with E-state index in [1.807, 2.05) is 22.8 Å². The summed E-state index contributed by atoms with van der Waals surface area (Å²) in [6.07, 6.45) is 3.39. The minimum atomic E-state index is -0.954. The summed E-state index contributed by atoms with van der Waals surface area (Å²) in [7, 11) is 0. The zero-order valence-electron chi connectivity index (χ0n) is 11.4. The number of H-pyrrole nitrogens is 1.